The van der Waals surface area contributed by atoms with Crippen LogP contribution in [0.25, 0.3) is 22.5 Å². The summed E-state index contributed by atoms with van der Waals surface area (Å²) in [6, 6.07) is 13.5. The molecule has 3 rings (SSSR count). The average Bonchev–Trinajstić information content (AvgIpc) is 3.05. The van der Waals surface area contributed by atoms with Crippen LogP contribution < -0.4 is 5.73 Å². The van der Waals surface area contributed by atoms with Crippen LogP contribution in [0.5, 0.6) is 0 Å². The van der Waals surface area contributed by atoms with Gasteiger partial charge in [0, 0.05) is 29.6 Å². The van der Waals surface area contributed by atoms with Crippen molar-refractivity contribution in [2.45, 2.75) is 12.8 Å². The summed E-state index contributed by atoms with van der Waals surface area (Å²) in [5.41, 5.74) is 9.74. The van der Waals surface area contributed by atoms with Crippen molar-refractivity contribution in [3.05, 3.63) is 65.7 Å². The highest BCUT2D eigenvalue weighted by Crippen LogP contribution is 2.30. The van der Waals surface area contributed by atoms with E-state index in [1.165, 1.54) is 12.1 Å². The number of aromatic nitrogens is 2. The molecule has 3 N–H and O–H groups in total. The molecular weight excluding hydrogens is 319 g/mol. The van der Waals surface area contributed by atoms with E-state index in [4.69, 9.17) is 11.0 Å². The Hall–Kier alpha value is -3.46. The molecule has 0 fully saturated rings. The first-order valence-corrected chi connectivity index (χ1v) is 7.69. The van der Waals surface area contributed by atoms with Crippen molar-refractivity contribution in [1.29, 1.82) is 5.26 Å². The molecule has 0 aliphatic carbocycles. The lowest BCUT2D eigenvalue weighted by Gasteiger charge is -2.03. The number of benzene rings is 1. The second-order valence-corrected chi connectivity index (χ2v) is 5.60. The highest BCUT2D eigenvalue weighted by molar-refractivity contribution is 5.76. The lowest BCUT2D eigenvalue weighted by atomic mass is 10.0. The molecule has 1 aromatic carbocycles. The summed E-state index contributed by atoms with van der Waals surface area (Å²) in [6.45, 7) is 0. The van der Waals surface area contributed by atoms with Crippen LogP contribution in [0.1, 0.15) is 17.7 Å². The quantitative estimate of drug-likeness (QED) is 0.750. The number of aryl methyl sites for hydroxylation is 1. The number of nitrogens with two attached hydrogens (primary N) is 1. The van der Waals surface area contributed by atoms with Gasteiger partial charge in [-0.25, -0.2) is 9.37 Å². The molecule has 0 radical (unpaired) electrons. The third-order valence-corrected chi connectivity index (χ3v) is 3.86. The highest BCUT2D eigenvalue weighted by Gasteiger charge is 2.13. The Labute approximate surface area is 143 Å². The maximum Gasteiger partial charge on any atom is 0.217 e. The second kappa shape index (κ2) is 6.97. The van der Waals surface area contributed by atoms with Crippen LogP contribution in [0.4, 0.5) is 4.39 Å². The van der Waals surface area contributed by atoms with Gasteiger partial charge >= 0.3 is 0 Å². The lowest BCUT2D eigenvalue weighted by Crippen LogP contribution is -2.11. The van der Waals surface area contributed by atoms with Gasteiger partial charge in [-0.05, 0) is 60.0 Å². The SMILES string of the molecule is N#Cc1ccc(-c2cc(CCC(N)=O)c(-c3ccc(F)cc3)[nH]2)cn1. The summed E-state index contributed by atoms with van der Waals surface area (Å²) in [5, 5.41) is 8.85. The fraction of sp³-hybridized carbons (Fsp3) is 0.105. The molecule has 2 aromatic heterocycles. The summed E-state index contributed by atoms with van der Waals surface area (Å²) in [5.74, 6) is -0.696. The third kappa shape index (κ3) is 3.72. The molecule has 0 spiro atoms. The standard InChI is InChI=1S/C19H15FN4O/c20-15-5-1-12(2-6-15)19-13(4-8-18(22)25)9-17(24-19)14-3-7-16(10-21)23-11-14/h1-3,5-7,9,11,24H,4,8H2,(H2,22,25). The van der Waals surface area contributed by atoms with Gasteiger partial charge in [0.15, 0.2) is 0 Å². The van der Waals surface area contributed by atoms with Crippen molar-refractivity contribution in [3.8, 4) is 28.6 Å². The summed E-state index contributed by atoms with van der Waals surface area (Å²) in [7, 11) is 0. The van der Waals surface area contributed by atoms with Gasteiger partial charge in [-0.2, -0.15) is 5.26 Å². The maximum atomic E-state index is 13.2. The first kappa shape index (κ1) is 16.4. The highest BCUT2D eigenvalue weighted by atomic mass is 19.1. The van der Waals surface area contributed by atoms with Crippen molar-refractivity contribution in [2.75, 3.05) is 0 Å². The fourth-order valence-electron chi connectivity index (χ4n) is 2.60. The Morgan fingerprint density at radius 2 is 1.92 bits per heavy atom. The van der Waals surface area contributed by atoms with Crippen molar-refractivity contribution in [1.82, 2.24) is 9.97 Å². The number of nitrogens with zero attached hydrogens (tertiary/aromatic N) is 2. The second-order valence-electron chi connectivity index (χ2n) is 5.60. The predicted molar refractivity (Wildman–Crippen MR) is 91.6 cm³/mol. The van der Waals surface area contributed by atoms with Crippen molar-refractivity contribution in [3.63, 3.8) is 0 Å². The van der Waals surface area contributed by atoms with Gasteiger partial charge in [-0.3, -0.25) is 4.79 Å². The Kier molecular flexibility index (Phi) is 4.57. The number of nitrogens with one attached hydrogen (secondary N) is 1. The zero-order valence-corrected chi connectivity index (χ0v) is 13.3. The Balaban J connectivity index is 2.02. The van der Waals surface area contributed by atoms with Crippen LogP contribution in [0.15, 0.2) is 48.7 Å². The third-order valence-electron chi connectivity index (χ3n) is 3.86. The number of halogens is 1. The van der Waals surface area contributed by atoms with Crippen LogP contribution in [0.3, 0.4) is 0 Å². The van der Waals surface area contributed by atoms with E-state index in [1.54, 1.807) is 30.5 Å². The number of rotatable bonds is 5. The van der Waals surface area contributed by atoms with Gasteiger partial charge in [-0.15, -0.1) is 0 Å². The molecule has 1 amide bonds. The molecular formula is C19H15FN4O. The molecule has 0 unspecified atom stereocenters. The number of hydrogen-bond acceptors (Lipinski definition) is 3. The van der Waals surface area contributed by atoms with E-state index in [-0.39, 0.29) is 18.1 Å². The number of nitriles is 1. The summed E-state index contributed by atoms with van der Waals surface area (Å²) in [4.78, 5) is 18.5. The minimum Gasteiger partial charge on any atom is -0.370 e. The van der Waals surface area contributed by atoms with Gasteiger partial charge in [-0.1, -0.05) is 0 Å². The number of H-pyrrole nitrogens is 1. The average molecular weight is 334 g/mol. The van der Waals surface area contributed by atoms with Gasteiger partial charge in [0.25, 0.3) is 0 Å². The van der Waals surface area contributed by atoms with Crippen molar-refractivity contribution in [2.24, 2.45) is 5.73 Å². The van der Waals surface area contributed by atoms with E-state index in [0.717, 1.165) is 28.1 Å². The zero-order chi connectivity index (χ0) is 17.8. The molecule has 6 heteroatoms. The lowest BCUT2D eigenvalue weighted by molar-refractivity contribution is -0.117. The van der Waals surface area contributed by atoms with Crippen molar-refractivity contribution < 1.29 is 9.18 Å². The van der Waals surface area contributed by atoms with Crippen LogP contribution in [-0.2, 0) is 11.2 Å². The summed E-state index contributed by atoms with van der Waals surface area (Å²) in [6.07, 6.45) is 2.30. The predicted octanol–water partition coefficient (Wildman–Crippen LogP) is 3.17. The summed E-state index contributed by atoms with van der Waals surface area (Å²) >= 11 is 0. The normalized spacial score (nSPS) is 10.4. The molecule has 0 aliphatic heterocycles. The number of hydrogen-bond donors (Lipinski definition) is 2. The number of carbonyl (C=O) groups excluding carboxylic acids is 1. The smallest absolute Gasteiger partial charge is 0.217 e. The first-order chi connectivity index (χ1) is 12.1. The van der Waals surface area contributed by atoms with Crippen molar-refractivity contribution >= 4 is 5.91 Å². The van der Waals surface area contributed by atoms with Gasteiger partial charge < -0.3 is 10.7 Å². The molecule has 0 aliphatic rings. The van der Waals surface area contributed by atoms with Gasteiger partial charge in [0.05, 0.1) is 0 Å². The Morgan fingerprint density at radius 3 is 2.52 bits per heavy atom. The molecule has 25 heavy (non-hydrogen) atoms. The van der Waals surface area contributed by atoms with E-state index in [0.29, 0.717) is 12.1 Å². The Bertz CT molecular complexity index is 937. The molecule has 3 aromatic rings. The molecule has 0 saturated carbocycles. The zero-order valence-electron chi connectivity index (χ0n) is 13.3. The molecule has 0 atom stereocenters. The molecule has 2 heterocycles. The van der Waals surface area contributed by atoms with Gasteiger partial charge in [0.2, 0.25) is 5.91 Å². The number of aromatic amines is 1. The van der Waals surface area contributed by atoms with E-state index < -0.39 is 0 Å². The Morgan fingerprint density at radius 1 is 1.20 bits per heavy atom. The van der Waals surface area contributed by atoms with E-state index in [2.05, 4.69) is 9.97 Å². The number of primary amides is 1. The largest absolute Gasteiger partial charge is 0.370 e. The van der Waals surface area contributed by atoms with Crippen LogP contribution >= 0.6 is 0 Å². The van der Waals surface area contributed by atoms with Crippen LogP contribution in [0.2, 0.25) is 0 Å². The molecule has 0 saturated heterocycles. The number of pyridine rings is 1. The van der Waals surface area contributed by atoms with E-state index in [1.807, 2.05) is 12.1 Å². The first-order valence-electron chi connectivity index (χ1n) is 7.69. The van der Waals surface area contributed by atoms with E-state index in [9.17, 15) is 9.18 Å². The topological polar surface area (TPSA) is 95.6 Å². The molecule has 0 bridgehead atoms. The monoisotopic (exact) mass is 334 g/mol. The minimum absolute atomic E-state index is 0.219. The molecule has 124 valence electrons. The minimum atomic E-state index is -0.382. The number of carbonyl (C=O) groups is 1. The molecule has 5 nitrogen and oxygen atoms in total. The fourth-order valence-corrected chi connectivity index (χ4v) is 2.60. The van der Waals surface area contributed by atoms with Crippen LogP contribution in [-0.4, -0.2) is 15.9 Å². The van der Waals surface area contributed by atoms with E-state index >= 15 is 0 Å². The summed E-state index contributed by atoms with van der Waals surface area (Å²) < 4.78 is 13.2. The number of amides is 1. The van der Waals surface area contributed by atoms with Crippen LogP contribution in [0, 0.1) is 17.1 Å². The van der Waals surface area contributed by atoms with Gasteiger partial charge in [0.1, 0.15) is 17.6 Å². The maximum absolute atomic E-state index is 13.2.